The monoisotopic (exact) mass is 309 g/mol. The molecule has 0 radical (unpaired) electrons. The van der Waals surface area contributed by atoms with Crippen molar-refractivity contribution in [1.82, 2.24) is 5.32 Å². The number of benzene rings is 1. The maximum atomic E-state index is 12.4. The third-order valence-corrected chi connectivity index (χ3v) is 4.57. The van der Waals surface area contributed by atoms with Crippen LogP contribution in [0.5, 0.6) is 0 Å². The van der Waals surface area contributed by atoms with Crippen LogP contribution in [-0.4, -0.2) is 27.0 Å². The third-order valence-electron chi connectivity index (χ3n) is 3.07. The largest absolute Gasteiger partial charge is 0.501 e. The van der Waals surface area contributed by atoms with Crippen molar-refractivity contribution in [3.05, 3.63) is 29.8 Å². The summed E-state index contributed by atoms with van der Waals surface area (Å²) >= 11 is 0. The molecule has 1 aromatic rings. The summed E-state index contributed by atoms with van der Waals surface area (Å²) in [6, 6.07) is 5.11. The fraction of sp³-hybridized carbons (Fsp3) is 0.538. The van der Waals surface area contributed by atoms with Gasteiger partial charge in [-0.15, -0.1) is 0 Å². The van der Waals surface area contributed by atoms with Crippen LogP contribution in [0.25, 0.3) is 0 Å². The molecule has 0 bridgehead atoms. The molecule has 0 saturated carbocycles. The lowest BCUT2D eigenvalue weighted by atomic mass is 10.0. The van der Waals surface area contributed by atoms with E-state index in [1.807, 2.05) is 14.0 Å². The molecule has 0 aliphatic heterocycles. The first-order valence-corrected chi connectivity index (χ1v) is 7.78. The van der Waals surface area contributed by atoms with Gasteiger partial charge in [0.15, 0.2) is 0 Å². The zero-order chi connectivity index (χ0) is 15.4. The van der Waals surface area contributed by atoms with Crippen LogP contribution in [0.2, 0.25) is 0 Å². The molecule has 1 aromatic carbocycles. The smallest absolute Gasteiger partial charge is 0.317 e. The third kappa shape index (κ3) is 3.96. The van der Waals surface area contributed by atoms with Crippen molar-refractivity contribution in [2.75, 3.05) is 7.05 Å². The molecule has 7 heteroatoms. The number of halogens is 3. The molecule has 0 amide bonds. The van der Waals surface area contributed by atoms with Crippen LogP contribution in [0.4, 0.5) is 13.2 Å². The number of alkyl halides is 3. The lowest BCUT2D eigenvalue weighted by Gasteiger charge is -2.15. The van der Waals surface area contributed by atoms with E-state index in [0.717, 1.165) is 30.5 Å². The number of rotatable bonds is 6. The Kier molecular flexibility index (Phi) is 5.59. The van der Waals surface area contributed by atoms with Gasteiger partial charge >= 0.3 is 5.51 Å². The van der Waals surface area contributed by atoms with Gasteiger partial charge in [-0.2, -0.15) is 13.2 Å². The highest BCUT2D eigenvalue weighted by atomic mass is 32.2. The van der Waals surface area contributed by atoms with E-state index >= 15 is 0 Å². The van der Waals surface area contributed by atoms with Gasteiger partial charge in [-0.25, -0.2) is 8.42 Å². The first-order valence-electron chi connectivity index (χ1n) is 6.30. The summed E-state index contributed by atoms with van der Waals surface area (Å²) in [6.45, 7) is 2.04. The van der Waals surface area contributed by atoms with Gasteiger partial charge in [0, 0.05) is 6.04 Å². The predicted molar refractivity (Wildman–Crippen MR) is 71.1 cm³/mol. The SMILES string of the molecule is CCCC(Cc1ccc(S(=O)(=O)C(F)(F)F)cc1)NC. The van der Waals surface area contributed by atoms with Gasteiger partial charge in [-0.1, -0.05) is 25.5 Å². The average molecular weight is 309 g/mol. The van der Waals surface area contributed by atoms with Crippen LogP contribution < -0.4 is 5.32 Å². The van der Waals surface area contributed by atoms with Crippen LogP contribution in [0.3, 0.4) is 0 Å². The van der Waals surface area contributed by atoms with Crippen molar-refractivity contribution in [3.8, 4) is 0 Å². The fourth-order valence-electron chi connectivity index (χ4n) is 1.92. The van der Waals surface area contributed by atoms with Crippen molar-refractivity contribution in [1.29, 1.82) is 0 Å². The summed E-state index contributed by atoms with van der Waals surface area (Å²) in [5.41, 5.74) is -4.46. The summed E-state index contributed by atoms with van der Waals surface area (Å²) in [6.07, 6.45) is 2.59. The molecule has 114 valence electrons. The highest BCUT2D eigenvalue weighted by Gasteiger charge is 2.46. The predicted octanol–water partition coefficient (Wildman–Crippen LogP) is 2.91. The Morgan fingerprint density at radius 3 is 2.15 bits per heavy atom. The van der Waals surface area contributed by atoms with E-state index in [-0.39, 0.29) is 6.04 Å². The molecule has 0 aromatic heterocycles. The molecule has 0 spiro atoms. The Morgan fingerprint density at radius 1 is 1.20 bits per heavy atom. The number of hydrogen-bond acceptors (Lipinski definition) is 3. The maximum Gasteiger partial charge on any atom is 0.501 e. The van der Waals surface area contributed by atoms with E-state index in [4.69, 9.17) is 0 Å². The molecular formula is C13H18F3NO2S. The second-order valence-electron chi connectivity index (χ2n) is 4.57. The molecule has 0 aliphatic rings. The lowest BCUT2D eigenvalue weighted by molar-refractivity contribution is -0.0436. The molecule has 1 unspecified atom stereocenters. The minimum atomic E-state index is -5.26. The van der Waals surface area contributed by atoms with E-state index in [1.165, 1.54) is 12.1 Å². The van der Waals surface area contributed by atoms with Crippen LogP contribution in [0, 0.1) is 0 Å². The second kappa shape index (κ2) is 6.58. The molecule has 1 atom stereocenters. The van der Waals surface area contributed by atoms with E-state index in [1.54, 1.807) is 0 Å². The minimum absolute atomic E-state index is 0.227. The lowest BCUT2D eigenvalue weighted by Crippen LogP contribution is -2.27. The fourth-order valence-corrected chi connectivity index (χ4v) is 2.68. The van der Waals surface area contributed by atoms with Gasteiger partial charge in [0.1, 0.15) is 0 Å². The molecule has 0 saturated heterocycles. The topological polar surface area (TPSA) is 46.2 Å². The van der Waals surface area contributed by atoms with E-state index in [0.29, 0.717) is 6.42 Å². The highest BCUT2D eigenvalue weighted by Crippen LogP contribution is 2.30. The quantitative estimate of drug-likeness (QED) is 0.879. The summed E-state index contributed by atoms with van der Waals surface area (Å²) in [4.78, 5) is -0.717. The first-order chi connectivity index (χ1) is 9.22. The molecule has 1 rings (SSSR count). The van der Waals surface area contributed by atoms with Crippen LogP contribution in [0.1, 0.15) is 25.3 Å². The molecule has 0 heterocycles. The zero-order valence-electron chi connectivity index (χ0n) is 11.4. The van der Waals surface area contributed by atoms with Crippen LogP contribution in [-0.2, 0) is 16.3 Å². The molecule has 20 heavy (non-hydrogen) atoms. The maximum absolute atomic E-state index is 12.4. The number of nitrogens with one attached hydrogen (secondary N) is 1. The Bertz CT molecular complexity index is 524. The Hall–Kier alpha value is -1.08. The Labute approximate surface area is 117 Å². The number of hydrogen-bond donors (Lipinski definition) is 1. The van der Waals surface area contributed by atoms with Crippen molar-refractivity contribution in [2.24, 2.45) is 0 Å². The van der Waals surface area contributed by atoms with Crippen molar-refractivity contribution < 1.29 is 21.6 Å². The molecule has 3 nitrogen and oxygen atoms in total. The Balaban J connectivity index is 2.90. The second-order valence-corrected chi connectivity index (χ2v) is 6.51. The van der Waals surface area contributed by atoms with Gasteiger partial charge in [-0.05, 0) is 37.6 Å². The molecular weight excluding hydrogens is 291 g/mol. The van der Waals surface area contributed by atoms with Crippen LogP contribution >= 0.6 is 0 Å². The van der Waals surface area contributed by atoms with Gasteiger partial charge in [0.25, 0.3) is 9.84 Å². The number of likely N-dealkylation sites (N-methyl/N-ethyl adjacent to an activating group) is 1. The zero-order valence-corrected chi connectivity index (χ0v) is 12.2. The van der Waals surface area contributed by atoms with E-state index in [9.17, 15) is 21.6 Å². The summed E-state index contributed by atoms with van der Waals surface area (Å²) < 4.78 is 59.6. The van der Waals surface area contributed by atoms with Gasteiger partial charge < -0.3 is 5.32 Å². The van der Waals surface area contributed by atoms with Crippen molar-refractivity contribution in [3.63, 3.8) is 0 Å². The minimum Gasteiger partial charge on any atom is -0.317 e. The van der Waals surface area contributed by atoms with Gasteiger partial charge in [0.05, 0.1) is 4.90 Å². The molecule has 0 fully saturated rings. The normalized spacial score (nSPS) is 14.2. The summed E-state index contributed by atoms with van der Waals surface area (Å²) in [5.74, 6) is 0. The molecule has 1 N–H and O–H groups in total. The van der Waals surface area contributed by atoms with E-state index in [2.05, 4.69) is 5.32 Å². The van der Waals surface area contributed by atoms with E-state index < -0.39 is 20.2 Å². The molecule has 0 aliphatic carbocycles. The van der Waals surface area contributed by atoms with Crippen molar-refractivity contribution >= 4 is 9.84 Å². The number of sulfone groups is 1. The van der Waals surface area contributed by atoms with Crippen LogP contribution in [0.15, 0.2) is 29.2 Å². The summed E-state index contributed by atoms with van der Waals surface area (Å²) in [5, 5.41) is 3.12. The van der Waals surface area contributed by atoms with Gasteiger partial charge in [-0.3, -0.25) is 0 Å². The average Bonchev–Trinajstić information content (AvgIpc) is 2.37. The highest BCUT2D eigenvalue weighted by molar-refractivity contribution is 7.92. The Morgan fingerprint density at radius 2 is 1.75 bits per heavy atom. The first kappa shape index (κ1) is 17.0. The van der Waals surface area contributed by atoms with Crippen molar-refractivity contribution in [2.45, 2.75) is 42.6 Å². The standard InChI is InChI=1S/C13H18F3NO2S/c1-3-4-11(17-2)9-10-5-7-12(8-6-10)20(18,19)13(14,15)16/h5-8,11,17H,3-4,9H2,1-2H3. The van der Waals surface area contributed by atoms with Gasteiger partial charge in [0.2, 0.25) is 0 Å². The summed E-state index contributed by atoms with van der Waals surface area (Å²) in [7, 11) is -3.43.